The van der Waals surface area contributed by atoms with E-state index in [1.807, 2.05) is 0 Å². The van der Waals surface area contributed by atoms with Crippen LogP contribution in [-0.4, -0.2) is 26.9 Å². The van der Waals surface area contributed by atoms with Crippen LogP contribution in [0.25, 0.3) is 0 Å². The number of phenolic OH excluding ortho intramolecular Hbond substituents is 1. The molecule has 0 fully saturated rings. The Labute approximate surface area is 109 Å². The number of aromatic hydroxyl groups is 1. The quantitative estimate of drug-likeness (QED) is 0.609. The van der Waals surface area contributed by atoms with Gasteiger partial charge in [-0.05, 0) is 24.6 Å². The fourth-order valence-electron chi connectivity index (χ4n) is 2.89. The number of rotatable bonds is 0. The lowest BCUT2D eigenvalue weighted by molar-refractivity contribution is -0.162. The second-order valence-corrected chi connectivity index (χ2v) is 5.07. The van der Waals surface area contributed by atoms with Gasteiger partial charge in [0.2, 0.25) is 0 Å². The Morgan fingerprint density at radius 2 is 2.11 bits per heavy atom. The van der Waals surface area contributed by atoms with E-state index in [2.05, 4.69) is 0 Å². The Hall–Kier alpha value is -1.85. The van der Waals surface area contributed by atoms with Crippen LogP contribution in [0.15, 0.2) is 29.8 Å². The van der Waals surface area contributed by atoms with Gasteiger partial charge >= 0.3 is 5.97 Å². The van der Waals surface area contributed by atoms with Crippen molar-refractivity contribution in [2.75, 3.05) is 0 Å². The number of hydrogen-bond acceptors (Lipinski definition) is 5. The number of aliphatic hydroxyl groups excluding tert-OH is 2. The second kappa shape index (κ2) is 3.82. The number of carbonyl (C=O) groups is 1. The first-order valence-corrected chi connectivity index (χ1v) is 6.05. The predicted octanol–water partition coefficient (Wildman–Crippen LogP) is 1.10. The molecular weight excluding hydrogens is 248 g/mol. The lowest BCUT2D eigenvalue weighted by Crippen LogP contribution is -2.41. The van der Waals surface area contributed by atoms with Crippen molar-refractivity contribution in [1.29, 1.82) is 0 Å². The maximum Gasteiger partial charge on any atom is 0.334 e. The minimum Gasteiger partial charge on any atom is -0.508 e. The summed E-state index contributed by atoms with van der Waals surface area (Å²) in [6.45, 7) is 1.61. The van der Waals surface area contributed by atoms with Crippen molar-refractivity contribution in [3.63, 3.8) is 0 Å². The van der Waals surface area contributed by atoms with E-state index in [9.17, 15) is 20.1 Å². The molecule has 3 rings (SSSR count). The van der Waals surface area contributed by atoms with E-state index in [0.717, 1.165) is 0 Å². The highest BCUT2D eigenvalue weighted by atomic mass is 16.6. The molecule has 0 aromatic heterocycles. The molecular formula is C14H14O5. The molecule has 1 aromatic rings. The fourth-order valence-corrected chi connectivity index (χ4v) is 2.89. The molecule has 19 heavy (non-hydrogen) atoms. The van der Waals surface area contributed by atoms with E-state index >= 15 is 0 Å². The molecule has 0 saturated carbocycles. The molecule has 0 unspecified atom stereocenters. The third-order valence-corrected chi connectivity index (χ3v) is 3.79. The van der Waals surface area contributed by atoms with Crippen LogP contribution in [0.3, 0.4) is 0 Å². The average molecular weight is 262 g/mol. The van der Waals surface area contributed by atoms with Gasteiger partial charge in [0.15, 0.2) is 5.60 Å². The molecule has 1 spiro atoms. The standard InChI is InChI=1S/C14H14O5/c1-7-5-14(19-13(7)18)6-10(16)11-8(12(14)17)3-2-4-9(11)15/h2-5,10,12,15-17H,6H2,1H3/t10-,12-,14+/m0/s1. The molecule has 0 amide bonds. The van der Waals surface area contributed by atoms with Gasteiger partial charge in [-0.3, -0.25) is 0 Å². The largest absolute Gasteiger partial charge is 0.508 e. The predicted molar refractivity (Wildman–Crippen MR) is 65.2 cm³/mol. The third-order valence-electron chi connectivity index (χ3n) is 3.79. The van der Waals surface area contributed by atoms with Crippen molar-refractivity contribution in [2.45, 2.75) is 31.2 Å². The van der Waals surface area contributed by atoms with Crippen LogP contribution in [0, 0.1) is 0 Å². The maximum absolute atomic E-state index is 11.5. The molecule has 3 N–H and O–H groups in total. The van der Waals surface area contributed by atoms with Gasteiger partial charge in [0.05, 0.1) is 6.10 Å². The molecule has 3 atom stereocenters. The first kappa shape index (κ1) is 12.2. The highest BCUT2D eigenvalue weighted by Crippen LogP contribution is 2.50. The van der Waals surface area contributed by atoms with Crippen molar-refractivity contribution < 1.29 is 24.9 Å². The van der Waals surface area contributed by atoms with Gasteiger partial charge in [0, 0.05) is 17.6 Å². The van der Waals surface area contributed by atoms with Crippen molar-refractivity contribution in [2.24, 2.45) is 0 Å². The molecule has 1 aromatic carbocycles. The smallest absolute Gasteiger partial charge is 0.334 e. The van der Waals surface area contributed by atoms with Crippen LogP contribution in [0.1, 0.15) is 36.7 Å². The Morgan fingerprint density at radius 3 is 2.74 bits per heavy atom. The number of benzene rings is 1. The number of phenols is 1. The first-order chi connectivity index (χ1) is 8.94. The minimum absolute atomic E-state index is 0.0296. The van der Waals surface area contributed by atoms with Crippen LogP contribution in [0.5, 0.6) is 5.75 Å². The van der Waals surface area contributed by atoms with Gasteiger partial charge in [-0.15, -0.1) is 0 Å². The number of ether oxygens (including phenoxy) is 1. The molecule has 1 heterocycles. The minimum atomic E-state index is -1.23. The molecule has 1 aliphatic carbocycles. The van der Waals surface area contributed by atoms with E-state index in [0.29, 0.717) is 16.7 Å². The molecule has 5 nitrogen and oxygen atoms in total. The summed E-state index contributed by atoms with van der Waals surface area (Å²) in [6, 6.07) is 4.64. The summed E-state index contributed by atoms with van der Waals surface area (Å²) in [7, 11) is 0. The SMILES string of the molecule is CC1=C[C@]2(C[C@H](O)c3c(O)cccc3[C@@H]2O)OC1=O. The number of esters is 1. The summed E-state index contributed by atoms with van der Waals surface area (Å²) >= 11 is 0. The van der Waals surface area contributed by atoms with Crippen LogP contribution in [-0.2, 0) is 9.53 Å². The number of hydrogen-bond donors (Lipinski definition) is 3. The lowest BCUT2D eigenvalue weighted by atomic mass is 9.76. The van der Waals surface area contributed by atoms with Crippen LogP contribution in [0.2, 0.25) is 0 Å². The fraction of sp³-hybridized carbons (Fsp3) is 0.357. The summed E-state index contributed by atoms with van der Waals surface area (Å²) < 4.78 is 5.26. The van der Waals surface area contributed by atoms with Crippen molar-refractivity contribution in [3.05, 3.63) is 41.0 Å². The lowest BCUT2D eigenvalue weighted by Gasteiger charge is -2.39. The number of carbonyl (C=O) groups excluding carboxylic acids is 1. The summed E-state index contributed by atoms with van der Waals surface area (Å²) in [5.74, 6) is -0.557. The Bertz CT molecular complexity index is 591. The van der Waals surface area contributed by atoms with Crippen molar-refractivity contribution >= 4 is 5.97 Å². The molecule has 1 aliphatic heterocycles. The summed E-state index contributed by atoms with van der Waals surface area (Å²) in [5.41, 5.74) is -0.136. The van der Waals surface area contributed by atoms with E-state index in [1.54, 1.807) is 25.1 Å². The van der Waals surface area contributed by atoms with Crippen LogP contribution >= 0.6 is 0 Å². The van der Waals surface area contributed by atoms with Crippen LogP contribution < -0.4 is 0 Å². The van der Waals surface area contributed by atoms with Gasteiger partial charge in [0.25, 0.3) is 0 Å². The number of aliphatic hydroxyl groups is 2. The van der Waals surface area contributed by atoms with Gasteiger partial charge in [-0.1, -0.05) is 12.1 Å². The maximum atomic E-state index is 11.5. The van der Waals surface area contributed by atoms with Gasteiger partial charge in [-0.25, -0.2) is 4.79 Å². The molecule has 100 valence electrons. The summed E-state index contributed by atoms with van der Waals surface area (Å²) in [6.07, 6.45) is -0.508. The normalized spacial score (nSPS) is 33.0. The zero-order chi connectivity index (χ0) is 13.8. The number of fused-ring (bicyclic) bond motifs is 1. The first-order valence-electron chi connectivity index (χ1n) is 6.05. The van der Waals surface area contributed by atoms with E-state index in [1.165, 1.54) is 6.07 Å². The van der Waals surface area contributed by atoms with E-state index < -0.39 is 23.8 Å². The average Bonchev–Trinajstić information content (AvgIpc) is 2.62. The Balaban J connectivity index is 2.14. The third kappa shape index (κ3) is 1.59. The molecule has 0 radical (unpaired) electrons. The van der Waals surface area contributed by atoms with Crippen molar-refractivity contribution in [1.82, 2.24) is 0 Å². The zero-order valence-corrected chi connectivity index (χ0v) is 10.3. The van der Waals surface area contributed by atoms with Crippen molar-refractivity contribution in [3.8, 4) is 5.75 Å². The van der Waals surface area contributed by atoms with E-state index in [4.69, 9.17) is 4.74 Å². The topological polar surface area (TPSA) is 87.0 Å². The van der Waals surface area contributed by atoms with Gasteiger partial charge < -0.3 is 20.1 Å². The molecule has 0 bridgehead atoms. The second-order valence-electron chi connectivity index (χ2n) is 5.07. The Morgan fingerprint density at radius 1 is 1.37 bits per heavy atom. The summed E-state index contributed by atoms with van der Waals surface area (Å²) in [5, 5.41) is 30.4. The highest BCUT2D eigenvalue weighted by molar-refractivity contribution is 5.91. The van der Waals surface area contributed by atoms with Crippen LogP contribution in [0.4, 0.5) is 0 Å². The molecule has 2 aliphatic rings. The molecule has 5 heteroatoms. The van der Waals surface area contributed by atoms with Gasteiger partial charge in [0.1, 0.15) is 11.9 Å². The zero-order valence-electron chi connectivity index (χ0n) is 10.3. The molecule has 0 saturated heterocycles. The van der Waals surface area contributed by atoms with E-state index in [-0.39, 0.29) is 12.2 Å². The highest BCUT2D eigenvalue weighted by Gasteiger charge is 2.51. The monoisotopic (exact) mass is 262 g/mol. The Kier molecular flexibility index (Phi) is 2.45. The van der Waals surface area contributed by atoms with Gasteiger partial charge in [-0.2, -0.15) is 0 Å². The summed E-state index contributed by atoms with van der Waals surface area (Å²) in [4.78, 5) is 11.5.